The molecule has 0 aliphatic heterocycles. The topological polar surface area (TPSA) is 155 Å². The molecule has 15 heteroatoms. The molecular weight excluding hydrogens is 508 g/mol. The first kappa shape index (κ1) is 25.4. The summed E-state index contributed by atoms with van der Waals surface area (Å²) >= 11 is 5.87. The zero-order valence-corrected chi connectivity index (χ0v) is 21.8. The molecule has 190 valence electrons. The van der Waals surface area contributed by atoms with Crippen molar-refractivity contribution in [1.29, 1.82) is 0 Å². The molecule has 0 radical (unpaired) electrons. The molecule has 0 aliphatic carbocycles. The molecule has 1 N–H and O–H groups in total. The molecular formula is C21H25ClN10O3S. The number of hydrogen-bond acceptors (Lipinski definition) is 10. The van der Waals surface area contributed by atoms with Crippen LogP contribution >= 0.6 is 11.6 Å². The van der Waals surface area contributed by atoms with Gasteiger partial charge in [-0.2, -0.15) is 5.10 Å². The van der Waals surface area contributed by atoms with Gasteiger partial charge in [0.2, 0.25) is 21.9 Å². The van der Waals surface area contributed by atoms with Crippen LogP contribution in [0.2, 0.25) is 5.02 Å². The Balaban J connectivity index is 1.74. The molecule has 36 heavy (non-hydrogen) atoms. The molecule has 0 bridgehead atoms. The van der Waals surface area contributed by atoms with Gasteiger partial charge in [-0.15, -0.1) is 10.2 Å². The highest BCUT2D eigenvalue weighted by Gasteiger charge is 2.32. The molecule has 13 nitrogen and oxygen atoms in total. The fourth-order valence-electron chi connectivity index (χ4n) is 3.61. The van der Waals surface area contributed by atoms with E-state index in [9.17, 15) is 8.42 Å². The minimum Gasteiger partial charge on any atom is -0.481 e. The molecule has 0 unspecified atom stereocenters. The number of sulfonamides is 1. The Bertz CT molecular complexity index is 1450. The molecule has 0 aliphatic rings. The highest BCUT2D eigenvalue weighted by molar-refractivity contribution is 7.93. The minimum atomic E-state index is -3.96. The first-order valence-electron chi connectivity index (χ1n) is 10.9. The monoisotopic (exact) mass is 532 g/mol. The van der Waals surface area contributed by atoms with Crippen LogP contribution < -0.4 is 9.46 Å². The normalized spacial score (nSPS) is 14.3. The first-order valence-corrected chi connectivity index (χ1v) is 12.8. The summed E-state index contributed by atoms with van der Waals surface area (Å²) in [4.78, 5) is 17.1. The highest BCUT2D eigenvalue weighted by atomic mass is 35.5. The van der Waals surface area contributed by atoms with Gasteiger partial charge in [-0.3, -0.25) is 14.0 Å². The maximum Gasteiger partial charge on any atom is 0.239 e. The lowest BCUT2D eigenvalue weighted by molar-refractivity contribution is 0.398. The lowest BCUT2D eigenvalue weighted by Crippen LogP contribution is -2.32. The lowest BCUT2D eigenvalue weighted by atomic mass is 10.1. The summed E-state index contributed by atoms with van der Waals surface area (Å²) in [5, 5.41) is 12.0. The van der Waals surface area contributed by atoms with Crippen LogP contribution in [0.5, 0.6) is 5.88 Å². The van der Waals surface area contributed by atoms with E-state index < -0.39 is 27.2 Å². The van der Waals surface area contributed by atoms with Crippen molar-refractivity contribution in [1.82, 2.24) is 44.5 Å². The number of methoxy groups -OCH3 is 1. The first-order chi connectivity index (χ1) is 17.1. The summed E-state index contributed by atoms with van der Waals surface area (Å²) in [6.45, 7) is 5.14. The number of ether oxygens (including phenoxy) is 1. The second-order valence-corrected chi connectivity index (χ2v) is 10.6. The van der Waals surface area contributed by atoms with Gasteiger partial charge in [0, 0.05) is 31.4 Å². The van der Waals surface area contributed by atoms with Crippen molar-refractivity contribution in [3.8, 4) is 17.4 Å². The van der Waals surface area contributed by atoms with E-state index in [1.165, 1.54) is 25.8 Å². The third-order valence-corrected chi connectivity index (χ3v) is 7.89. The van der Waals surface area contributed by atoms with Gasteiger partial charge < -0.3 is 4.74 Å². The molecule has 0 saturated heterocycles. The average molecular weight is 533 g/mol. The zero-order valence-electron chi connectivity index (χ0n) is 20.2. The second kappa shape index (κ2) is 10.1. The molecule has 0 amide bonds. The molecule has 4 aromatic heterocycles. The number of aryl methyl sites for hydroxylation is 1. The van der Waals surface area contributed by atoms with Gasteiger partial charge in [0.15, 0.2) is 5.82 Å². The number of halogens is 1. The molecule has 4 rings (SSSR count). The Morgan fingerprint density at radius 1 is 1.08 bits per heavy atom. The van der Waals surface area contributed by atoms with E-state index >= 15 is 0 Å². The van der Waals surface area contributed by atoms with E-state index in [-0.39, 0.29) is 5.95 Å². The van der Waals surface area contributed by atoms with Crippen LogP contribution in [0.25, 0.3) is 11.5 Å². The Hall–Kier alpha value is -3.65. The molecule has 0 fully saturated rings. The number of nitrogens with one attached hydrogen (secondary N) is 1. The molecule has 3 atom stereocenters. The van der Waals surface area contributed by atoms with Crippen molar-refractivity contribution >= 4 is 27.6 Å². The Morgan fingerprint density at radius 3 is 2.44 bits per heavy atom. The Kier molecular flexibility index (Phi) is 7.17. The summed E-state index contributed by atoms with van der Waals surface area (Å²) in [6.07, 6.45) is 4.28. The maximum absolute atomic E-state index is 13.4. The SMILES string of the molecule is COc1cccc(-c2nnc(NS(=O)(=O)[C@@H](C)[C@H](C)c3ncc(Cl)cn3)n2[C@@H](C)c2ncnn2C)n1. The summed E-state index contributed by atoms with van der Waals surface area (Å²) in [6, 6.07) is 4.68. The zero-order chi connectivity index (χ0) is 26.0. The quantitative estimate of drug-likeness (QED) is 0.339. The maximum atomic E-state index is 13.4. The number of rotatable bonds is 9. The number of hydrogen-bond donors (Lipinski definition) is 1. The van der Waals surface area contributed by atoms with E-state index in [4.69, 9.17) is 16.3 Å². The van der Waals surface area contributed by atoms with Gasteiger partial charge in [0.1, 0.15) is 23.7 Å². The van der Waals surface area contributed by atoms with Gasteiger partial charge in [-0.05, 0) is 19.9 Å². The summed E-state index contributed by atoms with van der Waals surface area (Å²) in [5.74, 6) is 1.08. The third-order valence-electron chi connectivity index (χ3n) is 5.84. The minimum absolute atomic E-state index is 0.00111. The van der Waals surface area contributed by atoms with E-state index in [2.05, 4.69) is 40.0 Å². The van der Waals surface area contributed by atoms with Crippen molar-refractivity contribution in [3.05, 3.63) is 53.6 Å². The number of anilines is 1. The van der Waals surface area contributed by atoms with Crippen molar-refractivity contribution in [3.63, 3.8) is 0 Å². The van der Waals surface area contributed by atoms with Gasteiger partial charge in [-0.25, -0.2) is 28.4 Å². The van der Waals surface area contributed by atoms with E-state index in [1.54, 1.807) is 48.3 Å². The molecule has 0 saturated carbocycles. The predicted octanol–water partition coefficient (Wildman–Crippen LogP) is 2.46. The van der Waals surface area contributed by atoms with E-state index in [1.807, 2.05) is 6.92 Å². The largest absolute Gasteiger partial charge is 0.481 e. The van der Waals surface area contributed by atoms with Crippen LogP contribution in [0.4, 0.5) is 5.95 Å². The number of aromatic nitrogens is 9. The Labute approximate surface area is 213 Å². The van der Waals surface area contributed by atoms with Gasteiger partial charge in [0.05, 0.1) is 23.4 Å². The molecule has 4 aromatic rings. The van der Waals surface area contributed by atoms with Crippen LogP contribution in [0.3, 0.4) is 0 Å². The fourth-order valence-corrected chi connectivity index (χ4v) is 4.95. The lowest BCUT2D eigenvalue weighted by Gasteiger charge is -2.22. The van der Waals surface area contributed by atoms with Crippen LogP contribution in [-0.2, 0) is 17.1 Å². The standard InChI is InChI=1S/C21H25ClN10O3S/c1-12(18-23-9-15(22)10-24-18)14(3)36(33,34)30-21-29-28-20(16-7-6-8-17(27-16)35-5)32(21)13(2)19-25-11-26-31(19)4/h6-14H,1-5H3,(H,29,30)/t12-,13-,14-/m0/s1. The van der Waals surface area contributed by atoms with Crippen LogP contribution in [0.15, 0.2) is 36.9 Å². The average Bonchev–Trinajstić information content (AvgIpc) is 3.49. The smallest absolute Gasteiger partial charge is 0.239 e. The van der Waals surface area contributed by atoms with Crippen LogP contribution in [-0.4, -0.2) is 65.3 Å². The van der Waals surface area contributed by atoms with Crippen molar-refractivity contribution in [2.45, 2.75) is 38.0 Å². The predicted molar refractivity (Wildman–Crippen MR) is 132 cm³/mol. The third kappa shape index (κ3) is 4.99. The van der Waals surface area contributed by atoms with Gasteiger partial charge in [-0.1, -0.05) is 24.6 Å². The molecule has 4 heterocycles. The summed E-state index contributed by atoms with van der Waals surface area (Å²) < 4.78 is 37.9. The highest BCUT2D eigenvalue weighted by Crippen LogP contribution is 2.30. The Morgan fingerprint density at radius 2 is 1.81 bits per heavy atom. The van der Waals surface area contributed by atoms with E-state index in [0.29, 0.717) is 34.1 Å². The second-order valence-electron chi connectivity index (χ2n) is 8.10. The fraction of sp³-hybridized carbons (Fsp3) is 0.381. The van der Waals surface area contributed by atoms with Crippen LogP contribution in [0.1, 0.15) is 44.4 Å². The summed E-state index contributed by atoms with van der Waals surface area (Å²) in [7, 11) is -0.714. The van der Waals surface area contributed by atoms with Gasteiger partial charge >= 0.3 is 0 Å². The van der Waals surface area contributed by atoms with Crippen molar-refractivity contribution in [2.75, 3.05) is 11.8 Å². The van der Waals surface area contributed by atoms with Crippen LogP contribution in [0, 0.1) is 0 Å². The van der Waals surface area contributed by atoms with E-state index in [0.717, 1.165) is 0 Å². The summed E-state index contributed by atoms with van der Waals surface area (Å²) in [5.41, 5.74) is 0.442. The van der Waals surface area contributed by atoms with Crippen molar-refractivity contribution < 1.29 is 13.2 Å². The van der Waals surface area contributed by atoms with Gasteiger partial charge in [0.25, 0.3) is 0 Å². The van der Waals surface area contributed by atoms with Crippen molar-refractivity contribution in [2.24, 2.45) is 7.05 Å². The molecule has 0 aromatic carbocycles. The number of nitrogens with zero attached hydrogens (tertiary/aromatic N) is 9. The number of pyridine rings is 1. The molecule has 0 spiro atoms.